The summed E-state index contributed by atoms with van der Waals surface area (Å²) in [7, 11) is 0. The highest BCUT2D eigenvalue weighted by Gasteiger charge is 2.29. The Labute approximate surface area is 218 Å². The third-order valence-electron chi connectivity index (χ3n) is 6.51. The molecule has 0 radical (unpaired) electrons. The number of imidazole rings is 1. The number of hydrogen-bond acceptors (Lipinski definition) is 6. The molecule has 6 aromatic rings. The van der Waals surface area contributed by atoms with Crippen molar-refractivity contribution in [1.29, 1.82) is 10.5 Å². The zero-order valence-corrected chi connectivity index (χ0v) is 20.7. The summed E-state index contributed by atoms with van der Waals surface area (Å²) < 4.78 is 9.78. The van der Waals surface area contributed by atoms with Crippen LogP contribution in [0.25, 0.3) is 33.5 Å². The first-order valence-corrected chi connectivity index (χ1v) is 11.9. The molecule has 0 spiro atoms. The summed E-state index contributed by atoms with van der Waals surface area (Å²) in [5, 5.41) is 25.5. The number of ether oxygens (including phenoxy) is 1. The molecule has 0 unspecified atom stereocenters. The van der Waals surface area contributed by atoms with Gasteiger partial charge in [0.1, 0.15) is 34.8 Å². The number of rotatable bonds is 4. The van der Waals surface area contributed by atoms with Crippen molar-refractivity contribution in [2.75, 3.05) is 5.73 Å². The van der Waals surface area contributed by atoms with Gasteiger partial charge in [0.2, 0.25) is 5.88 Å². The number of nitrogens with two attached hydrogens (primary N) is 1. The number of benzene rings is 3. The standard InChI is InChI=1S/C30H21N7O/c1-18-12-14-21(15-13-18)38-30-26(19(2)35-37(30)20-8-4-3-5-9-20)27-22(16-31)28(33)36-25-11-7-6-10-24(25)34-29(36)23(27)17-32/h3-15H,33H2,1-2H3. The normalized spacial score (nSPS) is 10.9. The highest BCUT2D eigenvalue weighted by molar-refractivity contribution is 5.94. The number of fused-ring (bicyclic) bond motifs is 3. The van der Waals surface area contributed by atoms with Gasteiger partial charge in [-0.25, -0.2) is 4.98 Å². The minimum Gasteiger partial charge on any atom is -0.438 e. The summed E-state index contributed by atoms with van der Waals surface area (Å²) in [5.74, 6) is 1.15. The van der Waals surface area contributed by atoms with Crippen LogP contribution < -0.4 is 10.5 Å². The lowest BCUT2D eigenvalue weighted by atomic mass is 9.96. The Hall–Kier alpha value is -5.60. The van der Waals surface area contributed by atoms with E-state index in [1.165, 1.54) is 0 Å². The molecule has 0 aliphatic carbocycles. The van der Waals surface area contributed by atoms with Crippen molar-refractivity contribution in [3.63, 3.8) is 0 Å². The van der Waals surface area contributed by atoms with Gasteiger partial charge in [-0.15, -0.1) is 0 Å². The van der Waals surface area contributed by atoms with Crippen LogP contribution in [0.15, 0.2) is 78.9 Å². The molecular weight excluding hydrogens is 474 g/mol. The molecule has 0 atom stereocenters. The minimum absolute atomic E-state index is 0.154. The van der Waals surface area contributed by atoms with E-state index in [-0.39, 0.29) is 16.9 Å². The number of pyridine rings is 1. The van der Waals surface area contributed by atoms with Crippen molar-refractivity contribution in [2.45, 2.75) is 13.8 Å². The van der Waals surface area contributed by atoms with Crippen LogP contribution in [0.5, 0.6) is 11.6 Å². The maximum Gasteiger partial charge on any atom is 0.230 e. The largest absolute Gasteiger partial charge is 0.438 e. The van der Waals surface area contributed by atoms with Gasteiger partial charge >= 0.3 is 0 Å². The molecule has 0 bridgehead atoms. The van der Waals surface area contributed by atoms with Crippen LogP contribution >= 0.6 is 0 Å². The Morgan fingerprint density at radius 3 is 2.21 bits per heavy atom. The highest BCUT2D eigenvalue weighted by Crippen LogP contribution is 2.44. The van der Waals surface area contributed by atoms with E-state index >= 15 is 0 Å². The van der Waals surface area contributed by atoms with Crippen LogP contribution in [0.2, 0.25) is 0 Å². The molecule has 3 heterocycles. The molecule has 0 aliphatic heterocycles. The summed E-state index contributed by atoms with van der Waals surface area (Å²) in [4.78, 5) is 4.71. The Balaban J connectivity index is 1.72. The molecule has 38 heavy (non-hydrogen) atoms. The number of nitriles is 2. The predicted molar refractivity (Wildman–Crippen MR) is 145 cm³/mol. The van der Waals surface area contributed by atoms with E-state index in [4.69, 9.17) is 20.6 Å². The van der Waals surface area contributed by atoms with Gasteiger partial charge < -0.3 is 10.5 Å². The number of nitrogens with zero attached hydrogens (tertiary/aromatic N) is 6. The Kier molecular flexibility index (Phi) is 5.29. The fraction of sp³-hybridized carbons (Fsp3) is 0.0667. The maximum atomic E-state index is 10.4. The third-order valence-corrected chi connectivity index (χ3v) is 6.51. The second kappa shape index (κ2) is 8.81. The first kappa shape index (κ1) is 22.8. The van der Waals surface area contributed by atoms with Crippen LogP contribution in [0, 0.1) is 36.5 Å². The molecule has 6 rings (SSSR count). The highest BCUT2D eigenvalue weighted by atomic mass is 16.5. The van der Waals surface area contributed by atoms with Gasteiger partial charge in [0.05, 0.1) is 28.0 Å². The fourth-order valence-electron chi connectivity index (χ4n) is 4.73. The van der Waals surface area contributed by atoms with E-state index < -0.39 is 0 Å². The van der Waals surface area contributed by atoms with Crippen molar-refractivity contribution in [3.05, 3.63) is 101 Å². The molecule has 0 saturated heterocycles. The monoisotopic (exact) mass is 495 g/mol. The molecule has 2 N–H and O–H groups in total. The lowest BCUT2D eigenvalue weighted by Crippen LogP contribution is -2.06. The van der Waals surface area contributed by atoms with Gasteiger partial charge in [-0.05, 0) is 50.2 Å². The lowest BCUT2D eigenvalue weighted by Gasteiger charge is -2.15. The van der Waals surface area contributed by atoms with E-state index in [1.54, 1.807) is 9.08 Å². The van der Waals surface area contributed by atoms with Crippen LogP contribution in [0.1, 0.15) is 22.4 Å². The van der Waals surface area contributed by atoms with Crippen molar-refractivity contribution >= 4 is 22.5 Å². The molecule has 8 heteroatoms. The van der Waals surface area contributed by atoms with Crippen molar-refractivity contribution in [1.82, 2.24) is 19.2 Å². The minimum atomic E-state index is 0.154. The maximum absolute atomic E-state index is 10.4. The number of hydrogen-bond donors (Lipinski definition) is 1. The average Bonchev–Trinajstić information content (AvgIpc) is 3.48. The van der Waals surface area contributed by atoms with E-state index in [9.17, 15) is 10.5 Å². The van der Waals surface area contributed by atoms with E-state index in [1.807, 2.05) is 92.7 Å². The second-order valence-corrected chi connectivity index (χ2v) is 8.92. The summed E-state index contributed by atoms with van der Waals surface area (Å²) in [5.41, 5.74) is 12.0. The Morgan fingerprint density at radius 1 is 0.816 bits per heavy atom. The molecular formula is C30H21N7O. The van der Waals surface area contributed by atoms with Crippen molar-refractivity contribution < 1.29 is 4.74 Å². The smallest absolute Gasteiger partial charge is 0.230 e. The predicted octanol–water partition coefficient (Wildman–Crippen LogP) is 6.07. The SMILES string of the molecule is Cc1ccc(Oc2c(-c3c(C#N)c(N)n4c(nc5ccccc54)c3C#N)c(C)nn2-c2ccccc2)cc1. The van der Waals surface area contributed by atoms with Gasteiger partial charge in [0.15, 0.2) is 5.65 Å². The molecule has 0 fully saturated rings. The number of aromatic nitrogens is 4. The number of para-hydroxylation sites is 3. The van der Waals surface area contributed by atoms with Gasteiger partial charge in [0.25, 0.3) is 0 Å². The topological polar surface area (TPSA) is 118 Å². The zero-order chi connectivity index (χ0) is 26.4. The quantitative estimate of drug-likeness (QED) is 0.317. The summed E-state index contributed by atoms with van der Waals surface area (Å²) >= 11 is 0. The van der Waals surface area contributed by atoms with Gasteiger partial charge in [-0.2, -0.15) is 20.3 Å². The second-order valence-electron chi connectivity index (χ2n) is 8.92. The van der Waals surface area contributed by atoms with Gasteiger partial charge in [-0.1, -0.05) is 48.0 Å². The molecule has 3 aromatic carbocycles. The van der Waals surface area contributed by atoms with Crippen molar-refractivity contribution in [3.8, 4) is 40.6 Å². The third kappa shape index (κ3) is 3.44. The number of aryl methyl sites for hydroxylation is 2. The van der Waals surface area contributed by atoms with Crippen LogP contribution in [0.4, 0.5) is 5.82 Å². The number of anilines is 1. The van der Waals surface area contributed by atoms with Gasteiger partial charge in [-0.3, -0.25) is 4.40 Å². The summed E-state index contributed by atoms with van der Waals surface area (Å²) in [6, 6.07) is 29.2. The van der Waals surface area contributed by atoms with E-state index in [2.05, 4.69) is 12.1 Å². The first-order chi connectivity index (χ1) is 18.5. The molecule has 182 valence electrons. The fourth-order valence-corrected chi connectivity index (χ4v) is 4.73. The van der Waals surface area contributed by atoms with Crippen LogP contribution in [-0.2, 0) is 0 Å². The number of nitrogen functional groups attached to an aromatic ring is 1. The van der Waals surface area contributed by atoms with E-state index in [0.29, 0.717) is 45.1 Å². The van der Waals surface area contributed by atoms with E-state index in [0.717, 1.165) is 11.3 Å². The zero-order valence-electron chi connectivity index (χ0n) is 20.7. The Bertz CT molecular complexity index is 1940. The van der Waals surface area contributed by atoms with Crippen LogP contribution in [-0.4, -0.2) is 19.2 Å². The molecule has 8 nitrogen and oxygen atoms in total. The average molecular weight is 496 g/mol. The van der Waals surface area contributed by atoms with Crippen molar-refractivity contribution in [2.24, 2.45) is 0 Å². The first-order valence-electron chi connectivity index (χ1n) is 11.9. The molecule has 0 saturated carbocycles. The lowest BCUT2D eigenvalue weighted by molar-refractivity contribution is 0.446. The Morgan fingerprint density at radius 2 is 1.50 bits per heavy atom. The molecule has 0 aliphatic rings. The summed E-state index contributed by atoms with van der Waals surface area (Å²) in [6.45, 7) is 3.82. The molecule has 0 amide bonds. The summed E-state index contributed by atoms with van der Waals surface area (Å²) in [6.07, 6.45) is 0. The van der Waals surface area contributed by atoms with Gasteiger partial charge in [0, 0.05) is 5.56 Å². The van der Waals surface area contributed by atoms with Crippen LogP contribution in [0.3, 0.4) is 0 Å². The molecule has 3 aromatic heterocycles.